The number of nitrogens with zero attached hydrogens (tertiary/aromatic N) is 5. The highest BCUT2D eigenvalue weighted by Crippen LogP contribution is 2.29. The third-order valence-corrected chi connectivity index (χ3v) is 5.32. The zero-order chi connectivity index (χ0) is 22.0. The molecule has 0 saturated heterocycles. The van der Waals surface area contributed by atoms with Crippen molar-refractivity contribution in [1.29, 1.82) is 0 Å². The summed E-state index contributed by atoms with van der Waals surface area (Å²) in [5, 5.41) is 15.0. The first kappa shape index (κ1) is 20.5. The van der Waals surface area contributed by atoms with Gasteiger partial charge in [-0.05, 0) is 54.0 Å². The average molecular weight is 422 g/mol. The van der Waals surface area contributed by atoms with Crippen molar-refractivity contribution < 1.29 is 13.9 Å². The minimum Gasteiger partial charge on any atom is -0.496 e. The molecular weight excluding hydrogens is 399 g/mol. The molecular formula is C22H23FN6O2. The number of nitrogens with one attached hydrogen (secondary N) is 1. The SMILES string of the molecule is COc1cccc(F)c1C(=O)Nc1ccc(C2=C(C)CCN(c3nnn(C)n3)C2)cc1. The third kappa shape index (κ3) is 4.25. The summed E-state index contributed by atoms with van der Waals surface area (Å²) in [6, 6.07) is 11.8. The first-order valence-electron chi connectivity index (χ1n) is 9.88. The van der Waals surface area contributed by atoms with E-state index in [-0.39, 0.29) is 11.3 Å². The van der Waals surface area contributed by atoms with Crippen molar-refractivity contribution in [1.82, 2.24) is 20.2 Å². The first-order chi connectivity index (χ1) is 15.0. The van der Waals surface area contributed by atoms with Crippen LogP contribution in [0.2, 0.25) is 0 Å². The molecule has 0 fully saturated rings. The fourth-order valence-electron chi connectivity index (χ4n) is 3.61. The lowest BCUT2D eigenvalue weighted by Gasteiger charge is -2.29. The summed E-state index contributed by atoms with van der Waals surface area (Å²) in [6.45, 7) is 3.63. The molecule has 0 radical (unpaired) electrons. The number of rotatable bonds is 5. The number of hydrogen-bond acceptors (Lipinski definition) is 6. The zero-order valence-corrected chi connectivity index (χ0v) is 17.6. The number of ether oxygens (including phenoxy) is 1. The van der Waals surface area contributed by atoms with Gasteiger partial charge in [-0.2, -0.15) is 4.80 Å². The molecule has 31 heavy (non-hydrogen) atoms. The van der Waals surface area contributed by atoms with Gasteiger partial charge in [0.25, 0.3) is 11.9 Å². The standard InChI is InChI=1S/C22H23FN6O2/c1-14-11-12-29(22-25-27-28(2)26-22)13-17(14)15-7-9-16(10-8-15)24-21(30)20-18(23)5-4-6-19(20)31-3/h4-10H,11-13H2,1-3H3,(H,24,30). The number of hydrogen-bond donors (Lipinski definition) is 1. The van der Waals surface area contributed by atoms with E-state index in [4.69, 9.17) is 4.74 Å². The number of benzene rings is 2. The molecule has 1 aliphatic heterocycles. The van der Waals surface area contributed by atoms with Gasteiger partial charge in [-0.3, -0.25) is 4.79 Å². The fraction of sp³-hybridized carbons (Fsp3) is 0.273. The van der Waals surface area contributed by atoms with Crippen molar-refractivity contribution in [2.45, 2.75) is 13.3 Å². The molecule has 2 aromatic carbocycles. The van der Waals surface area contributed by atoms with Crippen molar-refractivity contribution in [2.75, 3.05) is 30.4 Å². The predicted octanol–water partition coefficient (Wildman–Crippen LogP) is 3.29. The van der Waals surface area contributed by atoms with Gasteiger partial charge in [-0.15, -0.1) is 5.10 Å². The lowest BCUT2D eigenvalue weighted by molar-refractivity contribution is 0.102. The van der Waals surface area contributed by atoms with Gasteiger partial charge in [0.1, 0.15) is 17.1 Å². The first-order valence-corrected chi connectivity index (χ1v) is 9.88. The van der Waals surface area contributed by atoms with Crippen LogP contribution in [0.5, 0.6) is 5.75 Å². The van der Waals surface area contributed by atoms with Gasteiger partial charge in [-0.1, -0.05) is 28.9 Å². The zero-order valence-electron chi connectivity index (χ0n) is 17.6. The highest BCUT2D eigenvalue weighted by atomic mass is 19.1. The molecule has 1 aromatic heterocycles. The van der Waals surface area contributed by atoms with Crippen LogP contribution in [0.4, 0.5) is 16.0 Å². The van der Waals surface area contributed by atoms with E-state index >= 15 is 0 Å². The number of aryl methyl sites for hydroxylation is 1. The molecule has 4 rings (SSSR count). The summed E-state index contributed by atoms with van der Waals surface area (Å²) in [7, 11) is 3.15. The third-order valence-electron chi connectivity index (χ3n) is 5.32. The minimum absolute atomic E-state index is 0.118. The summed E-state index contributed by atoms with van der Waals surface area (Å²) in [5.41, 5.74) is 3.99. The second-order valence-electron chi connectivity index (χ2n) is 7.36. The molecule has 0 bridgehead atoms. The van der Waals surface area contributed by atoms with Crippen LogP contribution in [0.1, 0.15) is 29.3 Å². The summed E-state index contributed by atoms with van der Waals surface area (Å²) in [4.78, 5) is 16.1. The van der Waals surface area contributed by atoms with Crippen molar-refractivity contribution in [3.63, 3.8) is 0 Å². The largest absolute Gasteiger partial charge is 0.496 e. The monoisotopic (exact) mass is 422 g/mol. The maximum absolute atomic E-state index is 14.2. The number of halogens is 1. The van der Waals surface area contributed by atoms with Crippen LogP contribution < -0.4 is 15.0 Å². The lowest BCUT2D eigenvalue weighted by Crippen LogP contribution is -2.31. The van der Waals surface area contributed by atoms with E-state index in [1.54, 1.807) is 25.2 Å². The fourth-order valence-corrected chi connectivity index (χ4v) is 3.61. The van der Waals surface area contributed by atoms with E-state index in [0.717, 1.165) is 18.5 Å². The maximum Gasteiger partial charge on any atom is 0.266 e. The Bertz CT molecular complexity index is 1140. The summed E-state index contributed by atoms with van der Waals surface area (Å²) >= 11 is 0. The lowest BCUT2D eigenvalue weighted by atomic mass is 9.95. The number of anilines is 2. The second-order valence-corrected chi connectivity index (χ2v) is 7.36. The Hall–Kier alpha value is -3.75. The summed E-state index contributed by atoms with van der Waals surface area (Å²) in [6.07, 6.45) is 0.902. The van der Waals surface area contributed by atoms with E-state index < -0.39 is 11.7 Å². The van der Waals surface area contributed by atoms with Gasteiger partial charge in [0.05, 0.1) is 14.2 Å². The van der Waals surface area contributed by atoms with Crippen LogP contribution in [0.3, 0.4) is 0 Å². The van der Waals surface area contributed by atoms with Gasteiger partial charge in [-0.25, -0.2) is 4.39 Å². The molecule has 1 aliphatic rings. The minimum atomic E-state index is -0.630. The molecule has 8 nitrogen and oxygen atoms in total. The van der Waals surface area contributed by atoms with E-state index in [0.29, 0.717) is 18.2 Å². The molecule has 1 amide bonds. The average Bonchev–Trinajstić information content (AvgIpc) is 3.20. The Kier molecular flexibility index (Phi) is 5.66. The molecule has 160 valence electrons. The molecule has 1 N–H and O–H groups in total. The van der Waals surface area contributed by atoms with Crippen LogP contribution >= 0.6 is 0 Å². The summed E-state index contributed by atoms with van der Waals surface area (Å²) < 4.78 is 19.3. The number of tetrazole rings is 1. The highest BCUT2D eigenvalue weighted by Gasteiger charge is 2.22. The van der Waals surface area contributed by atoms with E-state index in [9.17, 15) is 9.18 Å². The van der Waals surface area contributed by atoms with E-state index in [1.165, 1.54) is 35.2 Å². The Balaban J connectivity index is 1.51. The van der Waals surface area contributed by atoms with Crippen LogP contribution in [0.25, 0.3) is 5.57 Å². The Labute approximate surface area is 179 Å². The smallest absolute Gasteiger partial charge is 0.266 e. The molecule has 0 atom stereocenters. The predicted molar refractivity (Wildman–Crippen MR) is 116 cm³/mol. The second kappa shape index (κ2) is 8.55. The molecule has 9 heteroatoms. The van der Waals surface area contributed by atoms with Crippen molar-refractivity contribution >= 4 is 23.1 Å². The maximum atomic E-state index is 14.2. The molecule has 0 unspecified atom stereocenters. The van der Waals surface area contributed by atoms with Crippen LogP contribution in [0.15, 0.2) is 48.0 Å². The van der Waals surface area contributed by atoms with Crippen molar-refractivity contribution in [3.8, 4) is 5.75 Å². The van der Waals surface area contributed by atoms with Gasteiger partial charge in [0, 0.05) is 18.8 Å². The van der Waals surface area contributed by atoms with Gasteiger partial charge in [0.2, 0.25) is 0 Å². The molecule has 0 saturated carbocycles. The van der Waals surface area contributed by atoms with Gasteiger partial charge in [0.15, 0.2) is 0 Å². The molecule has 3 aromatic rings. The molecule has 2 heterocycles. The van der Waals surface area contributed by atoms with E-state index in [2.05, 4.69) is 32.6 Å². The van der Waals surface area contributed by atoms with Crippen molar-refractivity contribution in [2.24, 2.45) is 7.05 Å². The number of carbonyl (C=O) groups excluding carboxylic acids is 1. The van der Waals surface area contributed by atoms with Crippen molar-refractivity contribution in [3.05, 3.63) is 65.0 Å². The molecule has 0 spiro atoms. The van der Waals surface area contributed by atoms with Crippen LogP contribution in [-0.2, 0) is 7.05 Å². The molecule has 0 aliphatic carbocycles. The summed E-state index contributed by atoms with van der Waals surface area (Å²) in [5.74, 6) is -0.394. The Morgan fingerprint density at radius 2 is 1.97 bits per heavy atom. The van der Waals surface area contributed by atoms with Crippen LogP contribution in [0, 0.1) is 5.82 Å². The number of amides is 1. The van der Waals surface area contributed by atoms with Gasteiger partial charge >= 0.3 is 0 Å². The van der Waals surface area contributed by atoms with Gasteiger partial charge < -0.3 is 15.0 Å². The number of aromatic nitrogens is 4. The highest BCUT2D eigenvalue weighted by molar-refractivity contribution is 6.06. The van der Waals surface area contributed by atoms with E-state index in [1.807, 2.05) is 12.1 Å². The normalized spacial score (nSPS) is 14.0. The quantitative estimate of drug-likeness (QED) is 0.679. The number of carbonyl (C=O) groups is 1. The number of methoxy groups -OCH3 is 1. The topological polar surface area (TPSA) is 85.2 Å². The Morgan fingerprint density at radius 1 is 1.19 bits per heavy atom. The Morgan fingerprint density at radius 3 is 2.65 bits per heavy atom. The van der Waals surface area contributed by atoms with Crippen LogP contribution in [-0.4, -0.2) is 46.3 Å².